The van der Waals surface area contributed by atoms with Gasteiger partial charge >= 0.3 is 5.97 Å². The Morgan fingerprint density at radius 1 is 1.19 bits per heavy atom. The van der Waals surface area contributed by atoms with Crippen LogP contribution in [0.15, 0.2) is 29.3 Å². The number of carbonyl (C=O) groups is 1. The molecule has 10 heteroatoms. The van der Waals surface area contributed by atoms with Crippen molar-refractivity contribution in [3.05, 3.63) is 41.0 Å². The standard InChI is InChI=1S/C21H27N5O5/c1-11-12(10-24-13-7-15(29-2)19(31-4)16(8-13)30-3)5-6-14-18(11)20(22)26-21(23,25-14)9-17(27)28/h5-8,24-25H,9-10,23H2,1-4H3,(H2,22,26)(H,27,28). The van der Waals surface area contributed by atoms with E-state index >= 15 is 0 Å². The molecule has 0 amide bonds. The highest BCUT2D eigenvalue weighted by Gasteiger charge is 2.33. The van der Waals surface area contributed by atoms with E-state index in [4.69, 9.17) is 30.8 Å². The smallest absolute Gasteiger partial charge is 0.309 e. The minimum atomic E-state index is -1.48. The first-order chi connectivity index (χ1) is 14.7. The first-order valence-electron chi connectivity index (χ1n) is 9.52. The molecule has 3 rings (SSSR count). The SMILES string of the molecule is COc1cc(NCc2ccc3c(c2C)C(N)=NC(N)(CC(=O)O)N3)cc(OC)c1OC. The summed E-state index contributed by atoms with van der Waals surface area (Å²) in [6.07, 6.45) is -0.392. The Labute approximate surface area is 180 Å². The second kappa shape index (κ2) is 8.60. The van der Waals surface area contributed by atoms with Crippen molar-refractivity contribution in [1.82, 2.24) is 0 Å². The van der Waals surface area contributed by atoms with Crippen LogP contribution >= 0.6 is 0 Å². The summed E-state index contributed by atoms with van der Waals surface area (Å²) < 4.78 is 16.1. The van der Waals surface area contributed by atoms with Gasteiger partial charge in [-0.2, -0.15) is 0 Å². The van der Waals surface area contributed by atoms with Crippen LogP contribution in [0.25, 0.3) is 0 Å². The average molecular weight is 429 g/mol. The van der Waals surface area contributed by atoms with Gasteiger partial charge in [0.15, 0.2) is 17.3 Å². The van der Waals surface area contributed by atoms with Crippen molar-refractivity contribution in [1.29, 1.82) is 0 Å². The van der Waals surface area contributed by atoms with Gasteiger partial charge < -0.3 is 35.7 Å². The summed E-state index contributed by atoms with van der Waals surface area (Å²) >= 11 is 0. The number of anilines is 2. The van der Waals surface area contributed by atoms with Gasteiger partial charge in [-0.3, -0.25) is 10.5 Å². The predicted octanol–water partition coefficient (Wildman–Crippen LogP) is 1.85. The molecule has 0 spiro atoms. The van der Waals surface area contributed by atoms with Crippen LogP contribution in [0.1, 0.15) is 23.1 Å². The van der Waals surface area contributed by atoms with Gasteiger partial charge in [-0.1, -0.05) is 6.07 Å². The van der Waals surface area contributed by atoms with Gasteiger partial charge in [0.1, 0.15) is 12.3 Å². The first kappa shape index (κ1) is 22.0. The van der Waals surface area contributed by atoms with E-state index in [9.17, 15) is 4.79 Å². The fourth-order valence-electron chi connectivity index (χ4n) is 3.61. The molecule has 0 radical (unpaired) electrons. The number of aliphatic carboxylic acids is 1. The van der Waals surface area contributed by atoms with Crippen LogP contribution < -0.4 is 36.3 Å². The van der Waals surface area contributed by atoms with Crippen LogP contribution in [0.4, 0.5) is 11.4 Å². The number of benzene rings is 2. The van der Waals surface area contributed by atoms with Gasteiger partial charge in [0, 0.05) is 35.6 Å². The molecule has 1 heterocycles. The molecule has 1 aliphatic heterocycles. The third-order valence-corrected chi connectivity index (χ3v) is 5.07. The summed E-state index contributed by atoms with van der Waals surface area (Å²) in [5, 5.41) is 15.4. The van der Waals surface area contributed by atoms with Gasteiger partial charge in [0.25, 0.3) is 0 Å². The van der Waals surface area contributed by atoms with Crippen LogP contribution in [-0.4, -0.2) is 44.0 Å². The van der Waals surface area contributed by atoms with Crippen LogP contribution in [0.5, 0.6) is 17.2 Å². The second-order valence-electron chi connectivity index (χ2n) is 7.16. The molecule has 0 aliphatic carbocycles. The number of amidine groups is 1. The fraction of sp³-hybridized carbons (Fsp3) is 0.333. The van der Waals surface area contributed by atoms with E-state index in [1.54, 1.807) is 21.3 Å². The topological polar surface area (TPSA) is 153 Å². The number of nitrogens with zero attached hydrogens (tertiary/aromatic N) is 1. The number of carboxylic acid groups (broad SMARTS) is 1. The van der Waals surface area contributed by atoms with Gasteiger partial charge in [-0.15, -0.1) is 0 Å². The second-order valence-corrected chi connectivity index (χ2v) is 7.16. The van der Waals surface area contributed by atoms with Crippen LogP contribution in [0, 0.1) is 6.92 Å². The van der Waals surface area contributed by atoms with Crippen LogP contribution in [-0.2, 0) is 11.3 Å². The average Bonchev–Trinajstić information content (AvgIpc) is 2.70. The maximum Gasteiger partial charge on any atom is 0.309 e. The molecule has 0 saturated carbocycles. The van der Waals surface area contributed by atoms with Crippen molar-refractivity contribution in [2.45, 2.75) is 25.7 Å². The van der Waals surface area contributed by atoms with Crippen molar-refractivity contribution in [2.24, 2.45) is 16.5 Å². The van der Waals surface area contributed by atoms with Crippen molar-refractivity contribution in [3.8, 4) is 17.2 Å². The molecule has 0 bridgehead atoms. The molecule has 1 aliphatic rings. The Balaban J connectivity index is 1.87. The lowest BCUT2D eigenvalue weighted by Crippen LogP contribution is -2.51. The number of carboxylic acids is 1. The number of aliphatic imine (C=N–C) groups is 1. The van der Waals surface area contributed by atoms with E-state index in [1.165, 1.54) is 0 Å². The molecular formula is C21H27N5O5. The molecule has 7 N–H and O–H groups in total. The lowest BCUT2D eigenvalue weighted by Gasteiger charge is -2.33. The maximum atomic E-state index is 11.1. The minimum absolute atomic E-state index is 0.199. The van der Waals surface area contributed by atoms with Crippen LogP contribution in [0.2, 0.25) is 0 Å². The summed E-state index contributed by atoms with van der Waals surface area (Å²) in [6, 6.07) is 7.38. The molecule has 1 unspecified atom stereocenters. The predicted molar refractivity (Wildman–Crippen MR) is 118 cm³/mol. The Hall–Kier alpha value is -3.66. The molecule has 1 atom stereocenters. The first-order valence-corrected chi connectivity index (χ1v) is 9.52. The number of nitrogens with one attached hydrogen (secondary N) is 2. The molecule has 0 saturated heterocycles. The molecule has 2 aromatic rings. The Morgan fingerprint density at radius 2 is 1.84 bits per heavy atom. The molecule has 31 heavy (non-hydrogen) atoms. The lowest BCUT2D eigenvalue weighted by atomic mass is 9.97. The van der Waals surface area contributed by atoms with E-state index in [-0.39, 0.29) is 5.84 Å². The van der Waals surface area contributed by atoms with E-state index in [1.807, 2.05) is 31.2 Å². The quantitative estimate of drug-likeness (QED) is 0.423. The highest BCUT2D eigenvalue weighted by atomic mass is 16.5. The molecule has 10 nitrogen and oxygen atoms in total. The Morgan fingerprint density at radius 3 is 2.39 bits per heavy atom. The largest absolute Gasteiger partial charge is 0.493 e. The monoisotopic (exact) mass is 429 g/mol. The molecule has 2 aromatic carbocycles. The summed E-state index contributed by atoms with van der Waals surface area (Å²) in [6.45, 7) is 2.42. The number of hydrogen-bond donors (Lipinski definition) is 5. The fourth-order valence-corrected chi connectivity index (χ4v) is 3.61. The van der Waals surface area contributed by atoms with Gasteiger partial charge in [0.2, 0.25) is 5.75 Å². The number of methoxy groups -OCH3 is 3. The minimum Gasteiger partial charge on any atom is -0.493 e. The zero-order valence-electron chi connectivity index (χ0n) is 17.9. The summed E-state index contributed by atoms with van der Waals surface area (Å²) in [4.78, 5) is 15.3. The molecule has 0 aromatic heterocycles. The number of nitrogens with two attached hydrogens (primary N) is 2. The third kappa shape index (κ3) is 4.43. The Bertz CT molecular complexity index is 1010. The molecule has 0 fully saturated rings. The highest BCUT2D eigenvalue weighted by molar-refractivity contribution is 6.06. The number of rotatable bonds is 8. The number of fused-ring (bicyclic) bond motifs is 1. The zero-order valence-corrected chi connectivity index (χ0v) is 17.9. The summed E-state index contributed by atoms with van der Waals surface area (Å²) in [5.74, 6) is -0.745. The highest BCUT2D eigenvalue weighted by Crippen LogP contribution is 2.40. The van der Waals surface area contributed by atoms with Crippen LogP contribution in [0.3, 0.4) is 0 Å². The number of hydrogen-bond acceptors (Lipinski definition) is 9. The summed E-state index contributed by atoms with van der Waals surface area (Å²) in [5.41, 5.74) is 16.2. The molecular weight excluding hydrogens is 402 g/mol. The van der Waals surface area contributed by atoms with Crippen molar-refractivity contribution in [2.75, 3.05) is 32.0 Å². The molecule has 166 valence electrons. The van der Waals surface area contributed by atoms with E-state index < -0.39 is 18.2 Å². The van der Waals surface area contributed by atoms with Gasteiger partial charge in [0.05, 0.1) is 21.3 Å². The van der Waals surface area contributed by atoms with Gasteiger partial charge in [-0.05, 0) is 24.1 Å². The normalized spacial score (nSPS) is 17.1. The lowest BCUT2D eigenvalue weighted by molar-refractivity contribution is -0.138. The summed E-state index contributed by atoms with van der Waals surface area (Å²) in [7, 11) is 4.67. The third-order valence-electron chi connectivity index (χ3n) is 5.07. The van der Waals surface area contributed by atoms with E-state index in [0.717, 1.165) is 16.8 Å². The van der Waals surface area contributed by atoms with Crippen molar-refractivity contribution in [3.63, 3.8) is 0 Å². The number of ether oxygens (including phenoxy) is 3. The Kier molecular flexibility index (Phi) is 6.11. The maximum absolute atomic E-state index is 11.1. The zero-order chi connectivity index (χ0) is 22.8. The van der Waals surface area contributed by atoms with Crippen molar-refractivity contribution < 1.29 is 24.1 Å². The van der Waals surface area contributed by atoms with E-state index in [2.05, 4.69) is 15.6 Å². The van der Waals surface area contributed by atoms with E-state index in [0.29, 0.717) is 35.0 Å². The van der Waals surface area contributed by atoms with Crippen molar-refractivity contribution >= 4 is 23.2 Å². The van der Waals surface area contributed by atoms with Gasteiger partial charge in [-0.25, -0.2) is 4.99 Å².